The number of carboxylic acids is 1. The average molecular weight is 265 g/mol. The summed E-state index contributed by atoms with van der Waals surface area (Å²) in [5.74, 6) is 4.49. The molecule has 6 nitrogen and oxygen atoms in total. The normalized spacial score (nSPS) is 10.5. The van der Waals surface area contributed by atoms with Gasteiger partial charge in [-0.2, -0.15) is 0 Å². The minimum absolute atomic E-state index is 0.0809. The molecule has 0 aromatic heterocycles. The number of rotatable bonds is 7. The number of carbonyl (C=O) groups is 2. The predicted molar refractivity (Wildman–Crippen MR) is 71.3 cm³/mol. The fourth-order valence-electron chi connectivity index (χ4n) is 1.49. The highest BCUT2D eigenvalue weighted by Gasteiger charge is 2.06. The van der Waals surface area contributed by atoms with Gasteiger partial charge in [0.1, 0.15) is 0 Å². The van der Waals surface area contributed by atoms with E-state index < -0.39 is 5.97 Å². The zero-order valence-electron chi connectivity index (χ0n) is 10.9. The maximum atomic E-state index is 11.7. The van der Waals surface area contributed by atoms with Gasteiger partial charge >= 0.3 is 5.97 Å². The van der Waals surface area contributed by atoms with Crippen LogP contribution in [0.15, 0.2) is 24.3 Å². The van der Waals surface area contributed by atoms with Crippen LogP contribution in [0, 0.1) is 0 Å². The first-order valence-corrected chi connectivity index (χ1v) is 6.11. The quantitative estimate of drug-likeness (QED) is 0.495. The van der Waals surface area contributed by atoms with E-state index in [-0.39, 0.29) is 18.9 Å². The highest BCUT2D eigenvalue weighted by atomic mass is 16.4. The van der Waals surface area contributed by atoms with Crippen molar-refractivity contribution in [2.75, 3.05) is 13.1 Å². The van der Waals surface area contributed by atoms with Crippen LogP contribution in [0.4, 0.5) is 0 Å². The fraction of sp³-hybridized carbons (Fsp3) is 0.385. The standard InChI is InChI=1S/C13H19N3O3/c1-2-16(14)9-10-3-5-11(6-4-10)13(19)15-8-7-12(17)18/h3-6H,2,7-9,14H2,1H3,(H,15,19)(H,17,18). The molecule has 0 radical (unpaired) electrons. The summed E-state index contributed by atoms with van der Waals surface area (Å²) < 4.78 is 0. The molecule has 0 heterocycles. The molecule has 1 aromatic rings. The second-order valence-electron chi connectivity index (χ2n) is 4.16. The Kier molecular flexibility index (Phi) is 5.98. The van der Waals surface area contributed by atoms with Crippen molar-refractivity contribution in [3.63, 3.8) is 0 Å². The number of nitrogens with zero attached hydrogens (tertiary/aromatic N) is 1. The molecule has 6 heteroatoms. The molecule has 0 spiro atoms. The molecule has 0 atom stereocenters. The number of nitrogens with two attached hydrogens (primary N) is 1. The van der Waals surface area contributed by atoms with Gasteiger partial charge in [-0.3, -0.25) is 15.4 Å². The first-order valence-electron chi connectivity index (χ1n) is 6.11. The summed E-state index contributed by atoms with van der Waals surface area (Å²) in [6.07, 6.45) is -0.0809. The smallest absolute Gasteiger partial charge is 0.305 e. The SMILES string of the molecule is CCN(N)Cc1ccc(C(=O)NCCC(=O)O)cc1. The van der Waals surface area contributed by atoms with E-state index in [4.69, 9.17) is 10.9 Å². The summed E-state index contributed by atoms with van der Waals surface area (Å²) in [4.78, 5) is 22.0. The number of carboxylic acid groups (broad SMARTS) is 1. The highest BCUT2D eigenvalue weighted by Crippen LogP contribution is 2.06. The number of benzene rings is 1. The Bertz CT molecular complexity index is 431. The Morgan fingerprint density at radius 1 is 1.32 bits per heavy atom. The number of hydrogen-bond donors (Lipinski definition) is 3. The Morgan fingerprint density at radius 3 is 2.47 bits per heavy atom. The number of amides is 1. The molecular weight excluding hydrogens is 246 g/mol. The van der Waals surface area contributed by atoms with Crippen molar-refractivity contribution in [2.24, 2.45) is 5.84 Å². The minimum Gasteiger partial charge on any atom is -0.481 e. The lowest BCUT2D eigenvalue weighted by Crippen LogP contribution is -2.30. The molecule has 1 rings (SSSR count). The van der Waals surface area contributed by atoms with Gasteiger partial charge in [0.25, 0.3) is 5.91 Å². The van der Waals surface area contributed by atoms with Crippen molar-refractivity contribution in [1.29, 1.82) is 0 Å². The lowest BCUT2D eigenvalue weighted by molar-refractivity contribution is -0.136. The van der Waals surface area contributed by atoms with Crippen molar-refractivity contribution in [2.45, 2.75) is 19.9 Å². The van der Waals surface area contributed by atoms with Crippen LogP contribution in [0.25, 0.3) is 0 Å². The highest BCUT2D eigenvalue weighted by molar-refractivity contribution is 5.94. The van der Waals surface area contributed by atoms with E-state index in [0.29, 0.717) is 12.1 Å². The Labute approximate surface area is 112 Å². The summed E-state index contributed by atoms with van der Waals surface area (Å²) >= 11 is 0. The van der Waals surface area contributed by atoms with E-state index in [1.807, 2.05) is 19.1 Å². The first-order chi connectivity index (χ1) is 9.02. The molecule has 0 bridgehead atoms. The molecule has 0 aliphatic rings. The van der Waals surface area contributed by atoms with Crippen LogP contribution in [0.3, 0.4) is 0 Å². The lowest BCUT2D eigenvalue weighted by Gasteiger charge is -2.13. The van der Waals surface area contributed by atoms with Crippen molar-refractivity contribution >= 4 is 11.9 Å². The van der Waals surface area contributed by atoms with Gasteiger partial charge in [-0.25, -0.2) is 5.01 Å². The first kappa shape index (κ1) is 15.1. The van der Waals surface area contributed by atoms with Crippen LogP contribution in [-0.4, -0.2) is 35.1 Å². The fourth-order valence-corrected chi connectivity index (χ4v) is 1.49. The van der Waals surface area contributed by atoms with Crippen LogP contribution < -0.4 is 11.2 Å². The Balaban J connectivity index is 2.51. The van der Waals surface area contributed by atoms with Gasteiger partial charge in [0.05, 0.1) is 6.42 Å². The maximum absolute atomic E-state index is 11.7. The van der Waals surface area contributed by atoms with Gasteiger partial charge in [-0.15, -0.1) is 0 Å². The molecule has 104 valence electrons. The Morgan fingerprint density at radius 2 is 1.95 bits per heavy atom. The molecule has 1 aromatic carbocycles. The van der Waals surface area contributed by atoms with E-state index in [0.717, 1.165) is 12.1 Å². The largest absolute Gasteiger partial charge is 0.481 e. The van der Waals surface area contributed by atoms with Crippen molar-refractivity contribution in [3.8, 4) is 0 Å². The molecule has 0 fully saturated rings. The zero-order chi connectivity index (χ0) is 14.3. The molecule has 4 N–H and O–H groups in total. The number of carbonyl (C=O) groups excluding carboxylic acids is 1. The van der Waals surface area contributed by atoms with Gasteiger partial charge in [-0.1, -0.05) is 19.1 Å². The van der Waals surface area contributed by atoms with Crippen LogP contribution in [0.5, 0.6) is 0 Å². The summed E-state index contributed by atoms with van der Waals surface area (Å²) in [5.41, 5.74) is 1.53. The average Bonchev–Trinajstić information content (AvgIpc) is 2.38. The molecule has 0 aliphatic heterocycles. The molecule has 19 heavy (non-hydrogen) atoms. The summed E-state index contributed by atoms with van der Waals surface area (Å²) in [7, 11) is 0. The number of hydrazine groups is 1. The Hall–Kier alpha value is -1.92. The summed E-state index contributed by atoms with van der Waals surface area (Å²) in [5, 5.41) is 12.7. The molecule has 1 amide bonds. The maximum Gasteiger partial charge on any atom is 0.305 e. The van der Waals surface area contributed by atoms with E-state index in [9.17, 15) is 9.59 Å². The molecule has 0 saturated carbocycles. The summed E-state index contributed by atoms with van der Waals surface area (Å²) in [6.45, 7) is 3.46. The van der Waals surface area contributed by atoms with Crippen LogP contribution in [-0.2, 0) is 11.3 Å². The van der Waals surface area contributed by atoms with E-state index in [1.165, 1.54) is 0 Å². The summed E-state index contributed by atoms with van der Waals surface area (Å²) in [6, 6.07) is 7.08. The topological polar surface area (TPSA) is 95.7 Å². The molecule has 0 aliphatic carbocycles. The van der Waals surface area contributed by atoms with Crippen molar-refractivity contribution in [1.82, 2.24) is 10.3 Å². The van der Waals surface area contributed by atoms with Crippen molar-refractivity contribution < 1.29 is 14.7 Å². The van der Waals surface area contributed by atoms with Gasteiger partial charge < -0.3 is 10.4 Å². The van der Waals surface area contributed by atoms with Crippen LogP contribution >= 0.6 is 0 Å². The van der Waals surface area contributed by atoms with Crippen LogP contribution in [0.2, 0.25) is 0 Å². The van der Waals surface area contributed by atoms with Gasteiger partial charge in [0, 0.05) is 25.2 Å². The van der Waals surface area contributed by atoms with E-state index in [2.05, 4.69) is 5.32 Å². The third-order valence-electron chi connectivity index (χ3n) is 2.63. The second kappa shape index (κ2) is 7.50. The minimum atomic E-state index is -0.932. The number of hydrogen-bond acceptors (Lipinski definition) is 4. The van der Waals surface area contributed by atoms with E-state index in [1.54, 1.807) is 17.1 Å². The number of aliphatic carboxylic acids is 1. The molecule has 0 unspecified atom stereocenters. The van der Waals surface area contributed by atoms with Gasteiger partial charge in [0.2, 0.25) is 0 Å². The monoisotopic (exact) mass is 265 g/mol. The predicted octanol–water partition coefficient (Wildman–Crippen LogP) is 0.587. The van der Waals surface area contributed by atoms with Gasteiger partial charge in [-0.05, 0) is 17.7 Å². The third kappa shape index (κ3) is 5.50. The molecular formula is C13H19N3O3. The molecule has 0 saturated heterocycles. The zero-order valence-corrected chi connectivity index (χ0v) is 10.9. The van der Waals surface area contributed by atoms with E-state index >= 15 is 0 Å². The lowest BCUT2D eigenvalue weighted by atomic mass is 10.1. The van der Waals surface area contributed by atoms with Crippen molar-refractivity contribution in [3.05, 3.63) is 35.4 Å². The number of nitrogens with one attached hydrogen (secondary N) is 1. The third-order valence-corrected chi connectivity index (χ3v) is 2.63. The van der Waals surface area contributed by atoms with Gasteiger partial charge in [0.15, 0.2) is 0 Å². The second-order valence-corrected chi connectivity index (χ2v) is 4.16. The van der Waals surface area contributed by atoms with Crippen LogP contribution in [0.1, 0.15) is 29.3 Å².